The number of amides is 1. The Kier molecular flexibility index (Phi) is 4.36. The average molecular weight is 382 g/mol. The Morgan fingerprint density at radius 1 is 1.23 bits per heavy atom. The molecule has 26 heavy (non-hydrogen) atoms. The van der Waals surface area contributed by atoms with Crippen molar-refractivity contribution in [2.45, 2.75) is 13.5 Å². The zero-order valence-corrected chi connectivity index (χ0v) is 15.4. The van der Waals surface area contributed by atoms with Crippen LogP contribution in [0.3, 0.4) is 0 Å². The highest BCUT2D eigenvalue weighted by Crippen LogP contribution is 2.35. The highest BCUT2D eigenvalue weighted by atomic mass is 32.1. The molecule has 6 nitrogen and oxygen atoms in total. The van der Waals surface area contributed by atoms with Crippen LogP contribution in [0.2, 0.25) is 0 Å². The van der Waals surface area contributed by atoms with Crippen molar-refractivity contribution in [3.63, 3.8) is 0 Å². The number of hydrogen-bond donors (Lipinski definition) is 1. The standard InChI is InChI=1S/C18H14N4O2S2/c1-11-14(12-5-3-2-4-6-12)15-16(26-11)20-10-22(17(15)24)9-13(23)21-18-19-7-8-25-18/h2-8,10H,9H2,1H3,(H,19,21,23). The van der Waals surface area contributed by atoms with E-state index in [1.165, 1.54) is 33.6 Å². The molecule has 0 aliphatic heterocycles. The Morgan fingerprint density at radius 3 is 2.77 bits per heavy atom. The number of nitrogens with one attached hydrogen (secondary N) is 1. The van der Waals surface area contributed by atoms with E-state index in [0.29, 0.717) is 15.3 Å². The van der Waals surface area contributed by atoms with Gasteiger partial charge in [0.25, 0.3) is 5.56 Å². The SMILES string of the molecule is Cc1sc2ncn(CC(=O)Nc3nccs3)c(=O)c2c1-c1ccccc1. The summed E-state index contributed by atoms with van der Waals surface area (Å²) in [4.78, 5) is 35.3. The first-order valence-electron chi connectivity index (χ1n) is 7.87. The number of benzene rings is 1. The number of aromatic nitrogens is 3. The molecule has 0 unspecified atom stereocenters. The fourth-order valence-corrected chi connectivity index (χ4v) is 4.35. The quantitative estimate of drug-likeness (QED) is 0.586. The van der Waals surface area contributed by atoms with E-state index in [4.69, 9.17) is 0 Å². The minimum atomic E-state index is -0.309. The van der Waals surface area contributed by atoms with E-state index in [1.807, 2.05) is 37.3 Å². The molecule has 4 aromatic rings. The maximum Gasteiger partial charge on any atom is 0.263 e. The van der Waals surface area contributed by atoms with Gasteiger partial charge >= 0.3 is 0 Å². The summed E-state index contributed by atoms with van der Waals surface area (Å²) in [5.41, 5.74) is 1.64. The van der Waals surface area contributed by atoms with E-state index in [-0.39, 0.29) is 18.0 Å². The second kappa shape index (κ2) is 6.81. The van der Waals surface area contributed by atoms with Gasteiger partial charge in [-0.3, -0.25) is 14.2 Å². The maximum absolute atomic E-state index is 13.0. The summed E-state index contributed by atoms with van der Waals surface area (Å²) in [5, 5.41) is 5.52. The second-order valence-electron chi connectivity index (χ2n) is 5.64. The molecule has 3 aromatic heterocycles. The van der Waals surface area contributed by atoms with Crippen LogP contribution in [0.25, 0.3) is 21.3 Å². The van der Waals surface area contributed by atoms with Crippen molar-refractivity contribution >= 4 is 43.9 Å². The van der Waals surface area contributed by atoms with Crippen molar-refractivity contribution in [2.24, 2.45) is 0 Å². The van der Waals surface area contributed by atoms with Gasteiger partial charge in [-0.2, -0.15) is 0 Å². The van der Waals surface area contributed by atoms with Crippen LogP contribution in [0.4, 0.5) is 5.13 Å². The lowest BCUT2D eigenvalue weighted by Crippen LogP contribution is -2.27. The van der Waals surface area contributed by atoms with E-state index in [0.717, 1.165) is 16.0 Å². The molecule has 0 spiro atoms. The Hall–Kier alpha value is -2.84. The first-order chi connectivity index (χ1) is 12.6. The molecule has 130 valence electrons. The second-order valence-corrected chi connectivity index (χ2v) is 7.74. The molecule has 0 fully saturated rings. The number of fused-ring (bicyclic) bond motifs is 1. The Morgan fingerprint density at radius 2 is 2.04 bits per heavy atom. The van der Waals surface area contributed by atoms with Gasteiger partial charge in [0.1, 0.15) is 11.4 Å². The molecule has 0 radical (unpaired) electrons. The molecule has 1 amide bonds. The van der Waals surface area contributed by atoms with Crippen molar-refractivity contribution < 1.29 is 4.79 Å². The third-order valence-electron chi connectivity index (χ3n) is 3.91. The van der Waals surface area contributed by atoms with Crippen LogP contribution in [0.15, 0.2) is 53.0 Å². The van der Waals surface area contributed by atoms with Gasteiger partial charge in [-0.05, 0) is 12.5 Å². The number of carbonyl (C=O) groups excluding carboxylic acids is 1. The Bertz CT molecular complexity index is 1130. The van der Waals surface area contributed by atoms with Crippen molar-refractivity contribution in [1.29, 1.82) is 0 Å². The van der Waals surface area contributed by atoms with Gasteiger partial charge in [0, 0.05) is 22.0 Å². The summed E-state index contributed by atoms with van der Waals surface area (Å²) in [6.07, 6.45) is 3.04. The summed E-state index contributed by atoms with van der Waals surface area (Å²) >= 11 is 2.81. The molecule has 1 N–H and O–H groups in total. The van der Waals surface area contributed by atoms with Crippen LogP contribution in [0.5, 0.6) is 0 Å². The molecule has 0 aliphatic carbocycles. The lowest BCUT2D eigenvalue weighted by atomic mass is 10.0. The number of nitrogens with zero attached hydrogens (tertiary/aromatic N) is 3. The number of rotatable bonds is 4. The molecule has 0 saturated heterocycles. The fourth-order valence-electron chi connectivity index (χ4n) is 2.80. The molecule has 0 bridgehead atoms. The highest BCUT2D eigenvalue weighted by molar-refractivity contribution is 7.19. The van der Waals surface area contributed by atoms with Gasteiger partial charge < -0.3 is 5.32 Å². The summed E-state index contributed by atoms with van der Waals surface area (Å²) < 4.78 is 1.34. The molecule has 1 aromatic carbocycles. The zero-order chi connectivity index (χ0) is 18.1. The number of carbonyl (C=O) groups is 1. The number of thiophene rings is 1. The third kappa shape index (κ3) is 3.04. The number of aryl methyl sites for hydroxylation is 1. The van der Waals surface area contributed by atoms with Gasteiger partial charge in [-0.15, -0.1) is 22.7 Å². The van der Waals surface area contributed by atoms with Gasteiger partial charge in [0.05, 0.1) is 11.7 Å². The molecule has 0 saturated carbocycles. The average Bonchev–Trinajstić information content (AvgIpc) is 3.25. The summed E-state index contributed by atoms with van der Waals surface area (Å²) in [5.74, 6) is -0.309. The van der Waals surface area contributed by atoms with Crippen LogP contribution in [-0.2, 0) is 11.3 Å². The van der Waals surface area contributed by atoms with Crippen molar-refractivity contribution in [1.82, 2.24) is 14.5 Å². The maximum atomic E-state index is 13.0. The number of anilines is 1. The van der Waals surface area contributed by atoms with Gasteiger partial charge in [0.15, 0.2) is 5.13 Å². The lowest BCUT2D eigenvalue weighted by Gasteiger charge is -2.06. The van der Waals surface area contributed by atoms with Crippen LogP contribution >= 0.6 is 22.7 Å². The predicted octanol–water partition coefficient (Wildman–Crippen LogP) is 3.53. The van der Waals surface area contributed by atoms with Crippen LogP contribution in [0, 0.1) is 6.92 Å². The van der Waals surface area contributed by atoms with Crippen LogP contribution in [0.1, 0.15) is 4.88 Å². The van der Waals surface area contributed by atoms with E-state index in [9.17, 15) is 9.59 Å². The normalized spacial score (nSPS) is 11.0. The van der Waals surface area contributed by atoms with Gasteiger partial charge in [0.2, 0.25) is 5.91 Å². The molecular formula is C18H14N4O2S2. The summed E-state index contributed by atoms with van der Waals surface area (Å²) in [6, 6.07) is 9.76. The first kappa shape index (κ1) is 16.6. The number of hydrogen-bond acceptors (Lipinski definition) is 6. The zero-order valence-electron chi connectivity index (χ0n) is 13.8. The fraction of sp³-hybridized carbons (Fsp3) is 0.111. The summed E-state index contributed by atoms with van der Waals surface area (Å²) in [6.45, 7) is 1.87. The van der Waals surface area contributed by atoms with Crippen LogP contribution < -0.4 is 10.9 Å². The lowest BCUT2D eigenvalue weighted by molar-refractivity contribution is -0.116. The predicted molar refractivity (Wildman–Crippen MR) is 105 cm³/mol. The molecule has 8 heteroatoms. The molecule has 0 atom stereocenters. The monoisotopic (exact) mass is 382 g/mol. The molecule has 3 heterocycles. The smallest absolute Gasteiger partial charge is 0.263 e. The van der Waals surface area contributed by atoms with Gasteiger partial charge in [-0.1, -0.05) is 30.3 Å². The number of thiazole rings is 1. The van der Waals surface area contributed by atoms with E-state index >= 15 is 0 Å². The first-order valence-corrected chi connectivity index (χ1v) is 9.56. The largest absolute Gasteiger partial charge is 0.300 e. The minimum absolute atomic E-state index is 0.107. The van der Waals surface area contributed by atoms with E-state index in [2.05, 4.69) is 15.3 Å². The van der Waals surface area contributed by atoms with Crippen molar-refractivity contribution in [2.75, 3.05) is 5.32 Å². The van der Waals surface area contributed by atoms with E-state index < -0.39 is 0 Å². The minimum Gasteiger partial charge on any atom is -0.300 e. The van der Waals surface area contributed by atoms with E-state index in [1.54, 1.807) is 11.6 Å². The third-order valence-corrected chi connectivity index (χ3v) is 5.61. The summed E-state index contributed by atoms with van der Waals surface area (Å²) in [7, 11) is 0. The Balaban J connectivity index is 1.75. The van der Waals surface area contributed by atoms with Crippen molar-refractivity contribution in [3.8, 4) is 11.1 Å². The Labute approximate surface area is 156 Å². The van der Waals surface area contributed by atoms with Gasteiger partial charge in [-0.25, -0.2) is 9.97 Å². The molecular weight excluding hydrogens is 368 g/mol. The molecule has 4 rings (SSSR count). The van der Waals surface area contributed by atoms with Crippen LogP contribution in [-0.4, -0.2) is 20.4 Å². The highest BCUT2D eigenvalue weighted by Gasteiger charge is 2.17. The molecule has 0 aliphatic rings. The van der Waals surface area contributed by atoms with Crippen molar-refractivity contribution in [3.05, 3.63) is 63.5 Å². The topological polar surface area (TPSA) is 76.9 Å².